The summed E-state index contributed by atoms with van der Waals surface area (Å²) in [5, 5.41) is 0. The van der Waals surface area contributed by atoms with Gasteiger partial charge in [0.05, 0.1) is 11.2 Å². The van der Waals surface area contributed by atoms with Gasteiger partial charge in [-0.1, -0.05) is 0 Å². The predicted octanol–water partition coefficient (Wildman–Crippen LogP) is 2.02. The molecule has 0 atom stereocenters. The molecular weight excluding hydrogens is 130 g/mol. The molecule has 0 saturated carbocycles. The Kier molecular flexibility index (Phi) is 1.27. The lowest BCUT2D eigenvalue weighted by molar-refractivity contribution is 0.682. The Bertz CT molecular complexity index is 184. The molecular formula is C7H9NS. The third kappa shape index (κ3) is 0.874. The molecule has 48 valence electrons. The molecule has 0 amide bonds. The predicted molar refractivity (Wildman–Crippen MR) is 38.8 cm³/mol. The molecule has 1 aliphatic rings. The minimum atomic E-state index is 1.22. The van der Waals surface area contributed by atoms with Crippen LogP contribution in [-0.2, 0) is 12.8 Å². The van der Waals surface area contributed by atoms with Crippen molar-refractivity contribution in [2.45, 2.75) is 25.7 Å². The summed E-state index contributed by atoms with van der Waals surface area (Å²) in [5.41, 5.74) is 3.34. The average Bonchev–Trinajstić information content (AvgIpc) is 2.33. The Hall–Kier alpha value is -0.370. The van der Waals surface area contributed by atoms with E-state index >= 15 is 0 Å². The highest BCUT2D eigenvalue weighted by Crippen LogP contribution is 2.22. The normalized spacial score (nSPS) is 17.3. The van der Waals surface area contributed by atoms with E-state index in [-0.39, 0.29) is 0 Å². The molecule has 0 bridgehead atoms. The van der Waals surface area contributed by atoms with Crippen molar-refractivity contribution in [1.82, 2.24) is 4.98 Å². The lowest BCUT2D eigenvalue weighted by Gasteiger charge is -2.06. The van der Waals surface area contributed by atoms with Crippen LogP contribution in [0.5, 0.6) is 0 Å². The molecule has 1 aliphatic carbocycles. The van der Waals surface area contributed by atoms with Crippen molar-refractivity contribution in [3.8, 4) is 0 Å². The van der Waals surface area contributed by atoms with Gasteiger partial charge in [0.1, 0.15) is 0 Å². The maximum atomic E-state index is 4.28. The number of hydrogen-bond acceptors (Lipinski definition) is 2. The summed E-state index contributed by atoms with van der Waals surface area (Å²) in [7, 11) is 0. The van der Waals surface area contributed by atoms with Crippen molar-refractivity contribution in [2.75, 3.05) is 0 Å². The van der Waals surface area contributed by atoms with E-state index < -0.39 is 0 Å². The van der Waals surface area contributed by atoms with Gasteiger partial charge in [-0.15, -0.1) is 11.3 Å². The summed E-state index contributed by atoms with van der Waals surface area (Å²) in [6.07, 6.45) is 5.21. The highest BCUT2D eigenvalue weighted by atomic mass is 32.1. The van der Waals surface area contributed by atoms with Crippen LogP contribution in [0.3, 0.4) is 0 Å². The molecule has 1 nitrogen and oxygen atoms in total. The Morgan fingerprint density at radius 3 is 3.11 bits per heavy atom. The van der Waals surface area contributed by atoms with E-state index in [1.807, 2.05) is 16.8 Å². The van der Waals surface area contributed by atoms with E-state index in [4.69, 9.17) is 0 Å². The highest BCUT2D eigenvalue weighted by Gasteiger charge is 2.09. The van der Waals surface area contributed by atoms with E-state index in [0.717, 1.165) is 0 Å². The Morgan fingerprint density at radius 1 is 1.33 bits per heavy atom. The highest BCUT2D eigenvalue weighted by molar-refractivity contribution is 7.09. The van der Waals surface area contributed by atoms with Crippen LogP contribution in [0.25, 0.3) is 0 Å². The summed E-state index contributed by atoms with van der Waals surface area (Å²) in [5.74, 6) is 0. The second kappa shape index (κ2) is 2.10. The summed E-state index contributed by atoms with van der Waals surface area (Å²) in [6.45, 7) is 0. The van der Waals surface area contributed by atoms with Gasteiger partial charge in [0.15, 0.2) is 0 Å². The molecule has 0 unspecified atom stereocenters. The minimum absolute atomic E-state index is 1.22. The van der Waals surface area contributed by atoms with Gasteiger partial charge in [-0.25, -0.2) is 4.98 Å². The first-order valence-electron chi connectivity index (χ1n) is 3.38. The molecule has 0 N–H and O–H groups in total. The smallest absolute Gasteiger partial charge is 0.0797 e. The van der Waals surface area contributed by atoms with Crippen LogP contribution in [0.4, 0.5) is 0 Å². The van der Waals surface area contributed by atoms with E-state index in [0.29, 0.717) is 0 Å². The second-order valence-electron chi connectivity index (χ2n) is 2.43. The standard InChI is InChI=1S/C7H9NS/c1-2-4-7-6(3-1)8-5-9-7/h5H,1-4H2. The minimum Gasteiger partial charge on any atom is -0.249 e. The lowest BCUT2D eigenvalue weighted by Crippen LogP contribution is -1.98. The maximum Gasteiger partial charge on any atom is 0.0797 e. The van der Waals surface area contributed by atoms with Gasteiger partial charge in [0.2, 0.25) is 0 Å². The lowest BCUT2D eigenvalue weighted by atomic mass is 10.0. The van der Waals surface area contributed by atoms with Crippen molar-refractivity contribution in [3.63, 3.8) is 0 Å². The fraction of sp³-hybridized carbons (Fsp3) is 0.571. The molecule has 9 heavy (non-hydrogen) atoms. The van der Waals surface area contributed by atoms with Crippen LogP contribution in [0.1, 0.15) is 23.4 Å². The molecule has 0 radical (unpaired) electrons. The summed E-state index contributed by atoms with van der Waals surface area (Å²) < 4.78 is 0. The number of aryl methyl sites for hydroxylation is 2. The first-order chi connectivity index (χ1) is 4.47. The molecule has 0 aromatic carbocycles. The van der Waals surface area contributed by atoms with E-state index in [9.17, 15) is 0 Å². The topological polar surface area (TPSA) is 12.9 Å². The maximum absolute atomic E-state index is 4.28. The molecule has 1 aromatic heterocycles. The molecule has 1 aromatic rings. The monoisotopic (exact) mass is 139 g/mol. The van der Waals surface area contributed by atoms with E-state index in [1.165, 1.54) is 36.3 Å². The third-order valence-corrected chi connectivity index (χ3v) is 2.73. The van der Waals surface area contributed by atoms with Gasteiger partial charge in [0, 0.05) is 4.88 Å². The first-order valence-corrected chi connectivity index (χ1v) is 4.26. The zero-order valence-corrected chi connectivity index (χ0v) is 6.08. The number of thiazole rings is 1. The van der Waals surface area contributed by atoms with Gasteiger partial charge in [0.25, 0.3) is 0 Å². The summed E-state index contributed by atoms with van der Waals surface area (Å²) in [6, 6.07) is 0. The summed E-state index contributed by atoms with van der Waals surface area (Å²) >= 11 is 1.81. The van der Waals surface area contributed by atoms with Crippen LogP contribution in [0.15, 0.2) is 5.51 Å². The average molecular weight is 139 g/mol. The first kappa shape index (κ1) is 5.42. The van der Waals surface area contributed by atoms with Crippen molar-refractivity contribution >= 4 is 11.3 Å². The second-order valence-corrected chi connectivity index (χ2v) is 3.37. The van der Waals surface area contributed by atoms with E-state index in [2.05, 4.69) is 4.98 Å². The van der Waals surface area contributed by atoms with Crippen LogP contribution in [0.2, 0.25) is 0 Å². The molecule has 0 spiro atoms. The van der Waals surface area contributed by atoms with Crippen molar-refractivity contribution in [1.29, 1.82) is 0 Å². The van der Waals surface area contributed by atoms with Gasteiger partial charge in [-0.3, -0.25) is 0 Å². The Morgan fingerprint density at radius 2 is 2.22 bits per heavy atom. The Labute approximate surface area is 58.7 Å². The van der Waals surface area contributed by atoms with Crippen LogP contribution >= 0.6 is 11.3 Å². The van der Waals surface area contributed by atoms with Gasteiger partial charge in [-0.05, 0) is 25.7 Å². The van der Waals surface area contributed by atoms with Gasteiger partial charge >= 0.3 is 0 Å². The number of nitrogens with zero attached hydrogens (tertiary/aromatic N) is 1. The van der Waals surface area contributed by atoms with Crippen molar-refractivity contribution in [3.05, 3.63) is 16.1 Å². The van der Waals surface area contributed by atoms with Gasteiger partial charge < -0.3 is 0 Å². The number of aromatic nitrogens is 1. The molecule has 2 rings (SSSR count). The molecule has 2 heteroatoms. The fourth-order valence-corrected chi connectivity index (χ4v) is 2.14. The third-order valence-electron chi connectivity index (χ3n) is 1.79. The van der Waals surface area contributed by atoms with Crippen molar-refractivity contribution < 1.29 is 0 Å². The number of hydrogen-bond donors (Lipinski definition) is 0. The SMILES string of the molecule is c1nc2c(s1)CCCC2. The van der Waals surface area contributed by atoms with Gasteiger partial charge in [-0.2, -0.15) is 0 Å². The number of fused-ring (bicyclic) bond motifs is 1. The molecule has 1 heterocycles. The summed E-state index contributed by atoms with van der Waals surface area (Å²) in [4.78, 5) is 5.80. The fourth-order valence-electron chi connectivity index (χ4n) is 1.28. The zero-order chi connectivity index (χ0) is 6.10. The molecule has 0 aliphatic heterocycles. The zero-order valence-electron chi connectivity index (χ0n) is 5.26. The van der Waals surface area contributed by atoms with Crippen molar-refractivity contribution in [2.24, 2.45) is 0 Å². The quantitative estimate of drug-likeness (QED) is 0.536. The Balaban J connectivity index is 2.39. The van der Waals surface area contributed by atoms with E-state index in [1.54, 1.807) is 0 Å². The molecule has 0 saturated heterocycles. The van der Waals surface area contributed by atoms with Crippen LogP contribution < -0.4 is 0 Å². The largest absolute Gasteiger partial charge is 0.249 e. The number of rotatable bonds is 0. The van der Waals surface area contributed by atoms with Crippen LogP contribution in [-0.4, -0.2) is 4.98 Å². The molecule has 0 fully saturated rings. The van der Waals surface area contributed by atoms with Crippen LogP contribution in [0, 0.1) is 0 Å².